The van der Waals surface area contributed by atoms with Gasteiger partial charge >= 0.3 is 0 Å². The molecule has 0 radical (unpaired) electrons. The highest BCUT2D eigenvalue weighted by molar-refractivity contribution is 7.15. The van der Waals surface area contributed by atoms with Crippen LogP contribution in [0.3, 0.4) is 0 Å². The SMILES string of the molecule is COc1ccc2c(c1)OC(CCc1ccc(OCC(O)C(CO)N(C)Cc3ccc(-c4ccc(CN(c5ccc(F)cc5)C(C)C)s4)cc3)cc1)C2. The lowest BCUT2D eigenvalue weighted by atomic mass is 10.0. The number of aliphatic hydroxyl groups excluding tert-OH is 2. The molecule has 2 heterocycles. The summed E-state index contributed by atoms with van der Waals surface area (Å²) in [5.74, 6) is 2.17. The molecule has 0 saturated heterocycles. The molecule has 0 fully saturated rings. The van der Waals surface area contributed by atoms with Gasteiger partial charge in [0, 0.05) is 40.5 Å². The molecule has 4 aromatic carbocycles. The number of benzene rings is 4. The molecule has 0 aliphatic carbocycles. The number of ether oxygens (including phenoxy) is 3. The number of nitrogens with zero attached hydrogens (tertiary/aromatic N) is 2. The lowest BCUT2D eigenvalue weighted by molar-refractivity contribution is -0.000567. The zero-order chi connectivity index (χ0) is 36.6. The summed E-state index contributed by atoms with van der Waals surface area (Å²) in [6.07, 6.45) is 1.98. The van der Waals surface area contributed by atoms with Crippen molar-refractivity contribution in [2.75, 3.05) is 32.3 Å². The van der Waals surface area contributed by atoms with Crippen LogP contribution in [0, 0.1) is 5.82 Å². The molecular weight excluding hydrogens is 676 g/mol. The van der Waals surface area contributed by atoms with Crippen LogP contribution in [0.4, 0.5) is 10.1 Å². The van der Waals surface area contributed by atoms with Crippen LogP contribution < -0.4 is 19.1 Å². The molecule has 0 amide bonds. The molecule has 9 heteroatoms. The van der Waals surface area contributed by atoms with Crippen molar-refractivity contribution in [2.45, 2.75) is 70.5 Å². The van der Waals surface area contributed by atoms with Crippen molar-refractivity contribution < 1.29 is 28.8 Å². The first-order chi connectivity index (χ1) is 25.2. The lowest BCUT2D eigenvalue weighted by Crippen LogP contribution is -2.46. The van der Waals surface area contributed by atoms with Gasteiger partial charge < -0.3 is 29.3 Å². The second-order valence-electron chi connectivity index (χ2n) is 13.8. The van der Waals surface area contributed by atoms with E-state index in [1.165, 1.54) is 33.0 Å². The summed E-state index contributed by atoms with van der Waals surface area (Å²) >= 11 is 1.76. The standard InChI is InChI=1S/C43H49FN2O5S/c1-29(2)46(35-15-13-34(44)14-16-35)26-39-21-22-43(52-39)32-10-5-31(6-11-32)25-45(3)40(27-47)41(48)28-50-36-17-7-30(8-18-36)9-19-38-23-33-12-20-37(49-4)24-42(33)51-38/h5-8,10-18,20-22,24,29,38,40-41,47-48H,9,19,23,25-28H2,1-4H3. The third-order valence-electron chi connectivity index (χ3n) is 9.75. The van der Waals surface area contributed by atoms with Gasteiger partial charge in [0.2, 0.25) is 0 Å². The zero-order valence-electron chi connectivity index (χ0n) is 30.4. The van der Waals surface area contributed by atoms with E-state index in [9.17, 15) is 14.6 Å². The Hall–Kier alpha value is -4.41. The van der Waals surface area contributed by atoms with Crippen molar-refractivity contribution in [3.05, 3.63) is 131 Å². The Balaban J connectivity index is 0.957. The Labute approximate surface area is 310 Å². The summed E-state index contributed by atoms with van der Waals surface area (Å²) in [6.45, 7) is 5.48. The van der Waals surface area contributed by atoms with E-state index in [0.29, 0.717) is 12.3 Å². The maximum atomic E-state index is 13.5. The van der Waals surface area contributed by atoms with Gasteiger partial charge in [0.15, 0.2) is 0 Å². The van der Waals surface area contributed by atoms with Gasteiger partial charge in [0.25, 0.3) is 0 Å². The molecule has 0 spiro atoms. The number of methoxy groups -OCH3 is 1. The van der Waals surface area contributed by atoms with Crippen molar-refractivity contribution in [3.8, 4) is 27.7 Å². The fourth-order valence-electron chi connectivity index (χ4n) is 6.67. The van der Waals surface area contributed by atoms with Crippen molar-refractivity contribution in [1.29, 1.82) is 0 Å². The average molecular weight is 725 g/mol. The van der Waals surface area contributed by atoms with Crippen LogP contribution in [-0.2, 0) is 25.9 Å². The quantitative estimate of drug-likeness (QED) is 0.100. The molecule has 1 aromatic heterocycles. The fraction of sp³-hybridized carbons (Fsp3) is 0.349. The summed E-state index contributed by atoms with van der Waals surface area (Å²) in [7, 11) is 3.57. The van der Waals surface area contributed by atoms with Gasteiger partial charge in [-0.05, 0) is 111 Å². The van der Waals surface area contributed by atoms with Crippen LogP contribution in [0.5, 0.6) is 17.2 Å². The van der Waals surface area contributed by atoms with Crippen LogP contribution in [0.1, 0.15) is 41.8 Å². The highest BCUT2D eigenvalue weighted by atomic mass is 32.1. The van der Waals surface area contributed by atoms with Gasteiger partial charge in [-0.15, -0.1) is 11.3 Å². The van der Waals surface area contributed by atoms with Crippen molar-refractivity contribution >= 4 is 17.0 Å². The molecule has 1 aliphatic rings. The first kappa shape index (κ1) is 37.4. The summed E-state index contributed by atoms with van der Waals surface area (Å²) in [4.78, 5) is 6.65. The van der Waals surface area contributed by atoms with Crippen LogP contribution in [0.15, 0.2) is 103 Å². The Morgan fingerprint density at radius 3 is 2.29 bits per heavy atom. The third kappa shape index (κ3) is 9.52. The molecule has 3 unspecified atom stereocenters. The number of hydrogen-bond donors (Lipinski definition) is 2. The molecule has 5 aromatic rings. The van der Waals surface area contributed by atoms with E-state index in [4.69, 9.17) is 14.2 Å². The number of likely N-dealkylation sites (N-methyl/N-ethyl adjacent to an activating group) is 1. The van der Waals surface area contributed by atoms with E-state index in [1.54, 1.807) is 18.4 Å². The molecule has 274 valence electrons. The number of thiophene rings is 1. The number of halogens is 1. The summed E-state index contributed by atoms with van der Waals surface area (Å²) in [6, 6.07) is 33.2. The minimum absolute atomic E-state index is 0.0710. The van der Waals surface area contributed by atoms with E-state index >= 15 is 0 Å². The monoisotopic (exact) mass is 724 g/mol. The molecule has 3 atom stereocenters. The molecule has 2 N–H and O–H groups in total. The Bertz CT molecular complexity index is 1860. The van der Waals surface area contributed by atoms with Crippen LogP contribution in [0.25, 0.3) is 10.4 Å². The maximum absolute atomic E-state index is 13.5. The van der Waals surface area contributed by atoms with E-state index in [-0.39, 0.29) is 31.2 Å². The average Bonchev–Trinajstić information content (AvgIpc) is 3.80. The number of fused-ring (bicyclic) bond motifs is 1. The van der Waals surface area contributed by atoms with E-state index in [1.807, 2.05) is 48.3 Å². The van der Waals surface area contributed by atoms with Crippen LogP contribution in [0.2, 0.25) is 0 Å². The normalized spacial score (nSPS) is 15.0. The molecule has 1 aliphatic heterocycles. The predicted molar refractivity (Wildman–Crippen MR) is 207 cm³/mol. The van der Waals surface area contributed by atoms with Crippen molar-refractivity contribution in [1.82, 2.24) is 4.90 Å². The van der Waals surface area contributed by atoms with Gasteiger partial charge in [-0.25, -0.2) is 4.39 Å². The van der Waals surface area contributed by atoms with E-state index in [2.05, 4.69) is 73.3 Å². The van der Waals surface area contributed by atoms with Crippen molar-refractivity contribution in [3.63, 3.8) is 0 Å². The van der Waals surface area contributed by atoms with Gasteiger partial charge in [0.1, 0.15) is 41.9 Å². The zero-order valence-corrected chi connectivity index (χ0v) is 31.2. The Morgan fingerprint density at radius 2 is 1.60 bits per heavy atom. The number of hydrogen-bond acceptors (Lipinski definition) is 8. The predicted octanol–water partition coefficient (Wildman–Crippen LogP) is 8.15. The van der Waals surface area contributed by atoms with E-state index in [0.717, 1.165) is 54.1 Å². The number of aryl methyl sites for hydroxylation is 1. The highest BCUT2D eigenvalue weighted by Crippen LogP contribution is 2.34. The van der Waals surface area contributed by atoms with E-state index < -0.39 is 12.1 Å². The molecule has 52 heavy (non-hydrogen) atoms. The smallest absolute Gasteiger partial charge is 0.126 e. The Kier molecular flexibility index (Phi) is 12.5. The first-order valence-electron chi connectivity index (χ1n) is 17.9. The minimum atomic E-state index is -0.876. The molecule has 7 nitrogen and oxygen atoms in total. The molecule has 0 bridgehead atoms. The first-order valence-corrected chi connectivity index (χ1v) is 18.8. The maximum Gasteiger partial charge on any atom is 0.126 e. The topological polar surface area (TPSA) is 74.6 Å². The fourth-order valence-corrected chi connectivity index (χ4v) is 7.68. The van der Waals surface area contributed by atoms with Gasteiger partial charge in [-0.1, -0.05) is 42.5 Å². The highest BCUT2D eigenvalue weighted by Gasteiger charge is 2.25. The summed E-state index contributed by atoms with van der Waals surface area (Å²) in [5.41, 5.74) is 5.64. The third-order valence-corrected chi connectivity index (χ3v) is 10.9. The van der Waals surface area contributed by atoms with Crippen LogP contribution in [-0.4, -0.2) is 66.8 Å². The summed E-state index contributed by atoms with van der Waals surface area (Å²) < 4.78 is 30.9. The molecule has 6 rings (SSSR count). The number of anilines is 1. The number of aliphatic hydroxyl groups is 2. The summed E-state index contributed by atoms with van der Waals surface area (Å²) in [5, 5.41) is 21.2. The van der Waals surface area contributed by atoms with Crippen LogP contribution >= 0.6 is 11.3 Å². The van der Waals surface area contributed by atoms with Gasteiger partial charge in [-0.2, -0.15) is 0 Å². The second kappa shape index (κ2) is 17.4. The Morgan fingerprint density at radius 1 is 0.885 bits per heavy atom. The molecular formula is C43H49FN2O5S. The minimum Gasteiger partial charge on any atom is -0.497 e. The van der Waals surface area contributed by atoms with Gasteiger partial charge in [0.05, 0.1) is 26.3 Å². The number of rotatable bonds is 17. The lowest BCUT2D eigenvalue weighted by Gasteiger charge is -2.30. The molecule has 0 saturated carbocycles. The van der Waals surface area contributed by atoms with Crippen molar-refractivity contribution in [2.24, 2.45) is 0 Å². The largest absolute Gasteiger partial charge is 0.497 e. The second-order valence-corrected chi connectivity index (χ2v) is 15.0. The van der Waals surface area contributed by atoms with Gasteiger partial charge in [-0.3, -0.25) is 4.90 Å².